The van der Waals surface area contributed by atoms with Crippen LogP contribution in [0, 0.1) is 23.7 Å². The fourth-order valence-electron chi connectivity index (χ4n) is 11.7. The third-order valence-corrected chi connectivity index (χ3v) is 18.2. The molecule has 0 aliphatic carbocycles. The van der Waals surface area contributed by atoms with Crippen LogP contribution in [0.5, 0.6) is 0 Å². The highest BCUT2D eigenvalue weighted by Gasteiger charge is 2.42. The van der Waals surface area contributed by atoms with Crippen LogP contribution in [0.3, 0.4) is 0 Å². The van der Waals surface area contributed by atoms with Crippen molar-refractivity contribution in [1.82, 2.24) is 84.7 Å². The average molecular weight is 1690 g/mol. The Bertz CT molecular complexity index is 3460. The number of hydrogen-bond acceptors (Lipinski definition) is 26. The van der Waals surface area contributed by atoms with Gasteiger partial charge in [-0.2, -0.15) is 0 Å². The SMILES string of the molecule is CC(C)C[C@H](NC(=O)[C@H](CCCCN)NC(=O)[C@H](CO)NC(=O)[C@@H](N)CCCCN)C(=O)NCC(=O)N[C@@H](CC(=O)O)C(=O)N[C@@H](C)C(=O)N[C@H](C(=O)N[C@H](C(=O)N[C@H](C(=O)N[C@@H](CO)C(=O)N[C@@H](CC(C)C)C(=O)N1CCC[C@H]1C(=O)NCC(=O)NCC(=O)N[C@@H](CCC(=O)O)C(=O)N[C@@H](CCC(=O)O)C(=O)O)C(C)C)[C@@H](C)O)C(C)C. The van der Waals surface area contributed by atoms with E-state index in [4.69, 9.17) is 27.4 Å². The summed E-state index contributed by atoms with van der Waals surface area (Å²) in [4.78, 5) is 264. The van der Waals surface area contributed by atoms with E-state index in [2.05, 4.69) is 74.4 Å². The van der Waals surface area contributed by atoms with Gasteiger partial charge in [0, 0.05) is 19.4 Å². The molecule has 1 rings (SSSR count). The van der Waals surface area contributed by atoms with Gasteiger partial charge in [0.1, 0.15) is 78.5 Å². The van der Waals surface area contributed by atoms with Crippen LogP contribution in [0.25, 0.3) is 0 Å². The van der Waals surface area contributed by atoms with Crippen LogP contribution in [-0.4, -0.2) is 302 Å². The highest BCUT2D eigenvalue weighted by molar-refractivity contribution is 6.01. The first-order valence-corrected chi connectivity index (χ1v) is 38.9. The number of nitrogens with two attached hydrogens (primary N) is 3. The monoisotopic (exact) mass is 1690 g/mol. The van der Waals surface area contributed by atoms with E-state index in [1.807, 2.05) is 5.32 Å². The Kier molecular flexibility index (Phi) is 48.3. The number of hydrogen-bond donors (Lipinski definition) is 25. The average Bonchev–Trinajstić information content (AvgIpc) is 1.67. The molecule has 0 spiro atoms. The molecule has 1 heterocycles. The summed E-state index contributed by atoms with van der Waals surface area (Å²) in [6.45, 7) is 11.0. The van der Waals surface area contributed by atoms with E-state index in [-0.39, 0.29) is 63.5 Å². The van der Waals surface area contributed by atoms with Gasteiger partial charge in [0.15, 0.2) is 0 Å². The van der Waals surface area contributed by atoms with Gasteiger partial charge >= 0.3 is 23.9 Å². The largest absolute Gasteiger partial charge is 0.481 e. The van der Waals surface area contributed by atoms with Crippen LogP contribution >= 0.6 is 0 Å². The molecule has 0 bridgehead atoms. The van der Waals surface area contributed by atoms with E-state index in [1.54, 1.807) is 27.7 Å². The fourth-order valence-corrected chi connectivity index (χ4v) is 11.7. The van der Waals surface area contributed by atoms with E-state index >= 15 is 0 Å². The maximum absolute atomic E-state index is 14.3. The summed E-state index contributed by atoms with van der Waals surface area (Å²) < 4.78 is 0. The number of aliphatic carboxylic acids is 4. The molecule has 1 aliphatic heterocycles. The van der Waals surface area contributed by atoms with Gasteiger partial charge in [-0.1, -0.05) is 61.8 Å². The Morgan fingerprint density at radius 2 is 0.797 bits per heavy atom. The van der Waals surface area contributed by atoms with Crippen LogP contribution in [0.4, 0.5) is 0 Å². The minimum absolute atomic E-state index is 0.00623. The first kappa shape index (κ1) is 105. The lowest BCUT2D eigenvalue weighted by atomic mass is 10.00. The molecule has 0 radical (unpaired) electrons. The summed E-state index contributed by atoms with van der Waals surface area (Å²) in [6.07, 6.45) is -2.88. The topological polar surface area (TPSA) is 745 Å². The first-order chi connectivity index (χ1) is 55.2. The summed E-state index contributed by atoms with van der Waals surface area (Å²) >= 11 is 0. The highest BCUT2D eigenvalue weighted by atomic mass is 16.4. The summed E-state index contributed by atoms with van der Waals surface area (Å²) in [5.74, 6) is -24.3. The van der Waals surface area contributed by atoms with Gasteiger partial charge in [0.05, 0.1) is 51.4 Å². The van der Waals surface area contributed by atoms with Crippen molar-refractivity contribution in [2.45, 2.75) is 256 Å². The van der Waals surface area contributed by atoms with Gasteiger partial charge in [-0.3, -0.25) is 91.1 Å². The number of carboxylic acids is 4. The lowest BCUT2D eigenvalue weighted by Crippen LogP contribution is -2.63. The number of nitrogens with zero attached hydrogens (tertiary/aromatic N) is 1. The van der Waals surface area contributed by atoms with Crippen molar-refractivity contribution in [2.24, 2.45) is 40.9 Å². The number of likely N-dealkylation sites (tertiary alicyclic amines) is 1. The van der Waals surface area contributed by atoms with Crippen molar-refractivity contribution in [2.75, 3.05) is 52.5 Å². The second-order valence-electron chi connectivity index (χ2n) is 30.0. The predicted molar refractivity (Wildman–Crippen MR) is 414 cm³/mol. The zero-order chi connectivity index (χ0) is 90.0. The number of unbranched alkanes of at least 4 members (excludes halogenated alkanes) is 2. The van der Waals surface area contributed by atoms with Crippen LogP contribution in [0.15, 0.2) is 0 Å². The summed E-state index contributed by atoms with van der Waals surface area (Å²) in [5.41, 5.74) is 17.1. The third-order valence-electron chi connectivity index (χ3n) is 18.2. The number of carboxylic acid groups (broad SMARTS) is 4. The molecule has 46 heteroatoms. The second kappa shape index (κ2) is 54.2. The molecule has 15 atom stereocenters. The molecular weight excluding hydrogens is 1560 g/mol. The van der Waals surface area contributed by atoms with E-state index in [0.717, 1.165) is 18.7 Å². The van der Waals surface area contributed by atoms with Gasteiger partial charge < -0.3 is 138 Å². The summed E-state index contributed by atoms with van der Waals surface area (Å²) in [5, 5.41) is 103. The van der Waals surface area contributed by atoms with Crippen LogP contribution in [0.1, 0.15) is 166 Å². The van der Waals surface area contributed by atoms with Gasteiger partial charge in [-0.15, -0.1) is 0 Å². The molecule has 1 fully saturated rings. The Morgan fingerprint density at radius 1 is 0.390 bits per heavy atom. The quantitative estimate of drug-likeness (QED) is 0.0252. The van der Waals surface area contributed by atoms with E-state index in [1.165, 1.54) is 27.7 Å². The molecule has 0 aromatic rings. The highest BCUT2D eigenvalue weighted by Crippen LogP contribution is 2.21. The Hall–Kier alpha value is -10.8. The Balaban J connectivity index is 3.17. The Labute approximate surface area is 681 Å². The molecule has 0 saturated carbocycles. The van der Waals surface area contributed by atoms with Crippen LogP contribution < -0.4 is 97.0 Å². The molecule has 28 N–H and O–H groups in total. The number of amides is 16. The van der Waals surface area contributed by atoms with Crippen molar-refractivity contribution < 1.29 is 132 Å². The molecule has 16 amide bonds. The van der Waals surface area contributed by atoms with Gasteiger partial charge in [-0.25, -0.2) is 4.79 Å². The van der Waals surface area contributed by atoms with Gasteiger partial charge in [0.2, 0.25) is 94.5 Å². The molecule has 46 nitrogen and oxygen atoms in total. The zero-order valence-corrected chi connectivity index (χ0v) is 68.2. The van der Waals surface area contributed by atoms with Crippen molar-refractivity contribution in [3.05, 3.63) is 0 Å². The molecule has 0 unspecified atom stereocenters. The molecule has 0 aromatic heterocycles. The lowest BCUT2D eigenvalue weighted by Gasteiger charge is -2.31. The first-order valence-electron chi connectivity index (χ1n) is 38.9. The smallest absolute Gasteiger partial charge is 0.326 e. The predicted octanol–water partition coefficient (Wildman–Crippen LogP) is -9.19. The standard InChI is InChI=1S/C72H123N19O27/c1-34(2)26-44(84-62(107)41(17-12-14-24-74)82-65(110)47(32-92)86-60(105)40(75)16-11-13-23-73)61(106)77-31-52(97)81-45(28-55(102)103)64(109)79-38(9)59(104)88-57(37(7)8)69(114)90-58(39(10)94)70(115)89-56(36(5)6)68(113)87-48(33-93)66(111)85-46(27-35(3)4)71(116)91-25-15-18-49(91)67(112)78-29-50(95)76-30-51(96)80-42(19-21-53(98)99)63(108)83-43(72(117)118)20-22-54(100)101/h34-49,56-58,92-94H,11-33,73-75H2,1-10H3,(H,76,95)(H,77,106)(H,78,112)(H,79,109)(H,80,96)(H,81,97)(H,82,110)(H,83,108)(H,84,107)(H,85,111)(H,86,105)(H,87,113)(H,88,104)(H,89,115)(H,90,114)(H,98,99)(H,100,101)(H,102,103)(H,117,118)/t38-,39+,40-,41-,42-,43-,44-,45-,46-,47-,48-,49-,56-,57-,58-/m0/s1. The zero-order valence-electron chi connectivity index (χ0n) is 68.2. The normalized spacial score (nSPS) is 16.1. The number of aliphatic hydroxyl groups excluding tert-OH is 3. The number of nitrogens with one attached hydrogen (secondary N) is 15. The summed E-state index contributed by atoms with van der Waals surface area (Å²) in [7, 11) is 0. The number of carbonyl (C=O) groups is 20. The van der Waals surface area contributed by atoms with E-state index in [9.17, 15) is 121 Å². The van der Waals surface area contributed by atoms with Crippen molar-refractivity contribution >= 4 is 118 Å². The Morgan fingerprint density at radius 3 is 1.29 bits per heavy atom. The molecule has 0 aromatic carbocycles. The van der Waals surface area contributed by atoms with Gasteiger partial charge in [0.25, 0.3) is 0 Å². The fraction of sp³-hybridized carbons (Fsp3) is 0.722. The molecule has 118 heavy (non-hydrogen) atoms. The van der Waals surface area contributed by atoms with Crippen molar-refractivity contribution in [1.29, 1.82) is 0 Å². The van der Waals surface area contributed by atoms with Gasteiger partial charge in [-0.05, 0) is 121 Å². The minimum atomic E-state index is -1.90. The third kappa shape index (κ3) is 39.4. The van der Waals surface area contributed by atoms with Crippen molar-refractivity contribution in [3.63, 3.8) is 0 Å². The maximum atomic E-state index is 14.3. The van der Waals surface area contributed by atoms with Crippen LogP contribution in [0.2, 0.25) is 0 Å². The lowest BCUT2D eigenvalue weighted by molar-refractivity contribution is -0.144. The molecular formula is C72H123N19O27. The molecule has 1 aliphatic rings. The maximum Gasteiger partial charge on any atom is 0.326 e. The number of rotatable bonds is 57. The number of aliphatic hydroxyl groups is 3. The van der Waals surface area contributed by atoms with E-state index in [0.29, 0.717) is 32.2 Å². The second-order valence-corrected chi connectivity index (χ2v) is 30.0. The van der Waals surface area contributed by atoms with Crippen molar-refractivity contribution in [3.8, 4) is 0 Å². The number of carbonyl (C=O) groups excluding carboxylic acids is 16. The molecule has 1 saturated heterocycles. The van der Waals surface area contributed by atoms with E-state index < -0.39 is 286 Å². The van der Waals surface area contributed by atoms with Crippen LogP contribution in [-0.2, 0) is 95.9 Å². The molecule has 668 valence electrons. The minimum Gasteiger partial charge on any atom is -0.481 e. The summed E-state index contributed by atoms with van der Waals surface area (Å²) in [6, 6.07) is -21.5.